The van der Waals surface area contributed by atoms with Crippen molar-refractivity contribution >= 4 is 10.0 Å². The molecule has 1 saturated heterocycles. The third kappa shape index (κ3) is 1.01. The molecule has 0 aromatic rings. The molecule has 0 aromatic heterocycles. The summed E-state index contributed by atoms with van der Waals surface area (Å²) < 4.78 is 22.6. The highest BCUT2D eigenvalue weighted by atomic mass is 32.2. The van der Waals surface area contributed by atoms with E-state index in [9.17, 15) is 8.42 Å². The molecule has 1 heterocycles. The minimum Gasteiger partial charge on any atom is -0.229 e. The summed E-state index contributed by atoms with van der Waals surface area (Å²) >= 11 is 0. The summed E-state index contributed by atoms with van der Waals surface area (Å²) in [5.41, 5.74) is 0. The molecule has 3 nitrogen and oxygen atoms in total. The maximum absolute atomic E-state index is 10.8. The van der Waals surface area contributed by atoms with E-state index in [2.05, 4.69) is 6.04 Å². The van der Waals surface area contributed by atoms with E-state index < -0.39 is 10.0 Å². The number of rotatable bonds is 0. The van der Waals surface area contributed by atoms with Crippen LogP contribution in [0.5, 0.6) is 0 Å². The molecule has 4 heteroatoms. The first-order valence-electron chi connectivity index (χ1n) is 2.63. The topological polar surface area (TPSA) is 37.4 Å². The van der Waals surface area contributed by atoms with Gasteiger partial charge in [-0.25, -0.2) is 12.7 Å². The van der Waals surface area contributed by atoms with E-state index in [-0.39, 0.29) is 5.75 Å². The molecule has 0 radical (unpaired) electrons. The SMILES string of the molecule is C#CN1CCCS1(=O)=O. The van der Waals surface area contributed by atoms with Crippen LogP contribution in [0.15, 0.2) is 0 Å². The lowest BCUT2D eigenvalue weighted by Crippen LogP contribution is -2.19. The number of sulfonamides is 1. The van der Waals surface area contributed by atoms with Crippen LogP contribution in [0.25, 0.3) is 0 Å². The second kappa shape index (κ2) is 1.92. The van der Waals surface area contributed by atoms with Crippen molar-refractivity contribution in [2.45, 2.75) is 6.42 Å². The Hall–Kier alpha value is -0.690. The Balaban J connectivity index is 2.91. The quantitative estimate of drug-likeness (QED) is 0.435. The van der Waals surface area contributed by atoms with Gasteiger partial charge in [0.25, 0.3) is 0 Å². The monoisotopic (exact) mass is 145 g/mol. The number of hydrogen-bond donors (Lipinski definition) is 0. The average Bonchev–Trinajstić information content (AvgIpc) is 2.08. The van der Waals surface area contributed by atoms with Crippen molar-refractivity contribution in [3.8, 4) is 12.5 Å². The van der Waals surface area contributed by atoms with Crippen LogP contribution in [0.1, 0.15) is 6.42 Å². The molecule has 0 spiro atoms. The zero-order chi connectivity index (χ0) is 6.91. The molecule has 0 aliphatic carbocycles. The van der Waals surface area contributed by atoms with Crippen LogP contribution >= 0.6 is 0 Å². The first kappa shape index (κ1) is 6.43. The van der Waals surface area contributed by atoms with Crippen molar-refractivity contribution in [2.75, 3.05) is 12.3 Å². The van der Waals surface area contributed by atoms with E-state index in [0.717, 1.165) is 4.31 Å². The van der Waals surface area contributed by atoms with Gasteiger partial charge in [-0.15, -0.1) is 0 Å². The molecule has 0 aromatic carbocycles. The first-order chi connectivity index (χ1) is 4.17. The Morgan fingerprint density at radius 3 is 2.44 bits per heavy atom. The summed E-state index contributed by atoms with van der Waals surface area (Å²) in [6.45, 7) is 0.485. The van der Waals surface area contributed by atoms with Crippen LogP contribution < -0.4 is 0 Å². The minimum absolute atomic E-state index is 0.206. The number of terminal acetylenes is 1. The smallest absolute Gasteiger partial charge is 0.229 e. The molecular formula is C5H7NO2S. The van der Waals surface area contributed by atoms with Crippen LogP contribution in [0.3, 0.4) is 0 Å². The zero-order valence-electron chi connectivity index (χ0n) is 4.87. The summed E-state index contributed by atoms with van der Waals surface area (Å²) in [7, 11) is -3.04. The van der Waals surface area contributed by atoms with Gasteiger partial charge in [0.05, 0.1) is 5.75 Å². The molecule has 50 valence electrons. The molecule has 0 unspecified atom stereocenters. The zero-order valence-corrected chi connectivity index (χ0v) is 5.69. The van der Waals surface area contributed by atoms with Gasteiger partial charge in [0.15, 0.2) is 0 Å². The molecule has 0 N–H and O–H groups in total. The summed E-state index contributed by atoms with van der Waals surface area (Å²) in [6.07, 6.45) is 5.57. The molecule has 9 heavy (non-hydrogen) atoms. The second-order valence-corrected chi connectivity index (χ2v) is 3.88. The van der Waals surface area contributed by atoms with Gasteiger partial charge in [-0.05, 0) is 6.42 Å². The van der Waals surface area contributed by atoms with Crippen molar-refractivity contribution in [3.05, 3.63) is 0 Å². The molecule has 0 atom stereocenters. The van der Waals surface area contributed by atoms with E-state index >= 15 is 0 Å². The van der Waals surface area contributed by atoms with Crippen molar-refractivity contribution in [2.24, 2.45) is 0 Å². The Kier molecular flexibility index (Phi) is 1.37. The highest BCUT2D eigenvalue weighted by Gasteiger charge is 2.24. The first-order valence-corrected chi connectivity index (χ1v) is 4.24. The Morgan fingerprint density at radius 2 is 2.22 bits per heavy atom. The Bertz CT molecular complexity index is 236. The lowest BCUT2D eigenvalue weighted by atomic mass is 10.5. The van der Waals surface area contributed by atoms with Crippen LogP contribution in [0, 0.1) is 12.5 Å². The number of nitrogens with zero attached hydrogens (tertiary/aromatic N) is 1. The van der Waals surface area contributed by atoms with Gasteiger partial charge >= 0.3 is 0 Å². The van der Waals surface area contributed by atoms with Gasteiger partial charge in [-0.2, -0.15) is 0 Å². The van der Waals surface area contributed by atoms with E-state index in [0.29, 0.717) is 13.0 Å². The van der Waals surface area contributed by atoms with Crippen molar-refractivity contribution in [1.82, 2.24) is 4.31 Å². The third-order valence-electron chi connectivity index (χ3n) is 1.24. The molecule has 1 aliphatic heterocycles. The molecule has 1 aliphatic rings. The minimum atomic E-state index is -3.04. The lowest BCUT2D eigenvalue weighted by Gasteiger charge is -2.04. The molecule has 0 bridgehead atoms. The molecule has 1 fully saturated rings. The summed E-state index contributed by atoms with van der Waals surface area (Å²) in [6, 6.07) is 2.10. The maximum Gasteiger partial charge on any atom is 0.241 e. The van der Waals surface area contributed by atoms with E-state index in [4.69, 9.17) is 6.42 Å². The van der Waals surface area contributed by atoms with Crippen LogP contribution in [0.4, 0.5) is 0 Å². The maximum atomic E-state index is 10.8. The van der Waals surface area contributed by atoms with Crippen LogP contribution in [-0.4, -0.2) is 25.0 Å². The predicted octanol–water partition coefficient (Wildman–Crippen LogP) is -0.387. The summed E-state index contributed by atoms with van der Waals surface area (Å²) in [5, 5.41) is 0. The normalized spacial score (nSPS) is 23.7. The fourth-order valence-corrected chi connectivity index (χ4v) is 2.07. The van der Waals surface area contributed by atoms with E-state index in [1.807, 2.05) is 0 Å². The Morgan fingerprint density at radius 1 is 1.56 bits per heavy atom. The van der Waals surface area contributed by atoms with Gasteiger partial charge in [-0.3, -0.25) is 0 Å². The van der Waals surface area contributed by atoms with E-state index in [1.54, 1.807) is 0 Å². The molecule has 0 amide bonds. The number of hydrogen-bond acceptors (Lipinski definition) is 2. The standard InChI is InChI=1S/C5H7NO2S/c1-2-6-4-3-5-9(6,7)8/h1H,3-5H2. The summed E-state index contributed by atoms with van der Waals surface area (Å²) in [5.74, 6) is 0.206. The lowest BCUT2D eigenvalue weighted by molar-refractivity contribution is 0.545. The fraction of sp³-hybridized carbons (Fsp3) is 0.600. The van der Waals surface area contributed by atoms with Gasteiger partial charge in [0.1, 0.15) is 0 Å². The van der Waals surface area contributed by atoms with Crippen molar-refractivity contribution < 1.29 is 8.42 Å². The summed E-state index contributed by atoms with van der Waals surface area (Å²) in [4.78, 5) is 0. The highest BCUT2D eigenvalue weighted by Crippen LogP contribution is 2.10. The average molecular weight is 145 g/mol. The van der Waals surface area contributed by atoms with Gasteiger partial charge in [-0.1, -0.05) is 6.42 Å². The molecule has 0 saturated carbocycles. The van der Waals surface area contributed by atoms with Crippen molar-refractivity contribution in [1.29, 1.82) is 0 Å². The largest absolute Gasteiger partial charge is 0.241 e. The van der Waals surface area contributed by atoms with Crippen molar-refractivity contribution in [3.63, 3.8) is 0 Å². The van der Waals surface area contributed by atoms with Crippen LogP contribution in [-0.2, 0) is 10.0 Å². The molecule has 1 rings (SSSR count). The highest BCUT2D eigenvalue weighted by molar-refractivity contribution is 7.89. The Labute approximate surface area is 54.7 Å². The fourth-order valence-electron chi connectivity index (χ4n) is 0.785. The van der Waals surface area contributed by atoms with Gasteiger partial charge in [0.2, 0.25) is 10.0 Å². The van der Waals surface area contributed by atoms with Crippen LogP contribution in [0.2, 0.25) is 0 Å². The van der Waals surface area contributed by atoms with Gasteiger partial charge < -0.3 is 0 Å². The predicted molar refractivity (Wildman–Crippen MR) is 33.9 cm³/mol. The third-order valence-corrected chi connectivity index (χ3v) is 3.01. The van der Waals surface area contributed by atoms with E-state index in [1.165, 1.54) is 0 Å². The second-order valence-electron chi connectivity index (χ2n) is 1.87. The molecular weight excluding hydrogens is 138 g/mol. The van der Waals surface area contributed by atoms with Gasteiger partial charge in [0, 0.05) is 12.6 Å².